The molecule has 1 heterocycles. The van der Waals surface area contributed by atoms with Gasteiger partial charge in [0.1, 0.15) is 11.1 Å². The number of alkyl carbamates (subject to hydrolysis) is 1. The van der Waals surface area contributed by atoms with E-state index in [0.29, 0.717) is 24.7 Å². The summed E-state index contributed by atoms with van der Waals surface area (Å²) in [4.78, 5) is 28.1. The van der Waals surface area contributed by atoms with Gasteiger partial charge in [0, 0.05) is 24.3 Å². The van der Waals surface area contributed by atoms with E-state index in [2.05, 4.69) is 20.9 Å². The van der Waals surface area contributed by atoms with Gasteiger partial charge in [0.15, 0.2) is 5.58 Å². The van der Waals surface area contributed by atoms with Crippen molar-refractivity contribution in [1.29, 1.82) is 0 Å². The highest BCUT2D eigenvalue weighted by molar-refractivity contribution is 5.91. The number of carbonyl (C=O) groups excluding carboxylic acids is 2. The molecule has 8 heteroatoms. The van der Waals surface area contributed by atoms with Gasteiger partial charge in [-0.05, 0) is 76.1 Å². The summed E-state index contributed by atoms with van der Waals surface area (Å²) in [6, 6.07) is 13.5. The SMILES string of the molecule is Cc1ccc2oc(Nc3ccc(NC(=O)CCCNC(=O)OC(C)(C)C)cc3)nc2c1. The molecule has 0 spiro atoms. The number of anilines is 3. The number of fused-ring (bicyclic) bond motifs is 1. The Morgan fingerprint density at radius 2 is 1.77 bits per heavy atom. The molecule has 0 radical (unpaired) electrons. The van der Waals surface area contributed by atoms with Crippen LogP contribution in [0, 0.1) is 6.92 Å². The zero-order chi connectivity index (χ0) is 22.4. The molecule has 164 valence electrons. The van der Waals surface area contributed by atoms with Crippen LogP contribution in [0.15, 0.2) is 46.9 Å². The highest BCUT2D eigenvalue weighted by atomic mass is 16.6. The molecule has 3 aromatic rings. The van der Waals surface area contributed by atoms with Gasteiger partial charge in [0.05, 0.1) is 0 Å². The Morgan fingerprint density at radius 3 is 2.48 bits per heavy atom. The second kappa shape index (κ2) is 9.51. The van der Waals surface area contributed by atoms with E-state index < -0.39 is 11.7 Å². The predicted octanol–water partition coefficient (Wildman–Crippen LogP) is 5.12. The Morgan fingerprint density at radius 1 is 1.06 bits per heavy atom. The van der Waals surface area contributed by atoms with Crippen LogP contribution in [0.25, 0.3) is 11.1 Å². The average Bonchev–Trinajstić information content (AvgIpc) is 3.07. The summed E-state index contributed by atoms with van der Waals surface area (Å²) in [7, 11) is 0. The zero-order valence-electron chi connectivity index (χ0n) is 18.2. The molecule has 0 atom stereocenters. The van der Waals surface area contributed by atoms with E-state index in [1.165, 1.54) is 0 Å². The number of aryl methyl sites for hydroxylation is 1. The van der Waals surface area contributed by atoms with Crippen molar-refractivity contribution in [2.75, 3.05) is 17.2 Å². The van der Waals surface area contributed by atoms with Gasteiger partial charge in [0.25, 0.3) is 6.01 Å². The molecule has 0 fully saturated rings. The second-order valence-electron chi connectivity index (χ2n) is 8.27. The van der Waals surface area contributed by atoms with Crippen LogP contribution < -0.4 is 16.0 Å². The van der Waals surface area contributed by atoms with Crippen molar-refractivity contribution in [3.05, 3.63) is 48.0 Å². The van der Waals surface area contributed by atoms with Gasteiger partial charge < -0.3 is 25.1 Å². The maximum Gasteiger partial charge on any atom is 0.407 e. The van der Waals surface area contributed by atoms with E-state index in [-0.39, 0.29) is 12.3 Å². The van der Waals surface area contributed by atoms with Crippen molar-refractivity contribution in [3.8, 4) is 0 Å². The topological polar surface area (TPSA) is 105 Å². The minimum Gasteiger partial charge on any atom is -0.444 e. The largest absolute Gasteiger partial charge is 0.444 e. The summed E-state index contributed by atoms with van der Waals surface area (Å²) in [5.74, 6) is -0.124. The van der Waals surface area contributed by atoms with Crippen LogP contribution >= 0.6 is 0 Å². The Bertz CT molecular complexity index is 1050. The number of carbonyl (C=O) groups is 2. The van der Waals surface area contributed by atoms with Crippen LogP contribution in [-0.2, 0) is 9.53 Å². The standard InChI is InChI=1S/C23H28N4O4/c1-15-7-12-19-18(14-15)27-21(30-19)26-17-10-8-16(9-11-17)25-20(28)6-5-13-24-22(29)31-23(2,3)4/h7-12,14H,5-6,13H2,1-4H3,(H,24,29)(H,25,28)(H,26,27). The summed E-state index contributed by atoms with van der Waals surface area (Å²) < 4.78 is 10.8. The fraction of sp³-hybridized carbons (Fsp3) is 0.348. The van der Waals surface area contributed by atoms with Gasteiger partial charge in [0.2, 0.25) is 5.91 Å². The highest BCUT2D eigenvalue weighted by Gasteiger charge is 2.15. The molecule has 8 nitrogen and oxygen atoms in total. The Kier molecular flexibility index (Phi) is 6.79. The third-order valence-electron chi connectivity index (χ3n) is 4.21. The van der Waals surface area contributed by atoms with E-state index >= 15 is 0 Å². The van der Waals surface area contributed by atoms with Crippen molar-refractivity contribution in [2.45, 2.75) is 46.1 Å². The number of benzene rings is 2. The van der Waals surface area contributed by atoms with Crippen molar-refractivity contribution >= 4 is 40.5 Å². The molecular weight excluding hydrogens is 396 g/mol. The van der Waals surface area contributed by atoms with Gasteiger partial charge in [-0.2, -0.15) is 4.98 Å². The van der Waals surface area contributed by atoms with Crippen molar-refractivity contribution in [3.63, 3.8) is 0 Å². The molecule has 3 N–H and O–H groups in total. The molecule has 2 amide bonds. The summed E-state index contributed by atoms with van der Waals surface area (Å²) >= 11 is 0. The number of aromatic nitrogens is 1. The van der Waals surface area contributed by atoms with Gasteiger partial charge in [-0.3, -0.25) is 4.79 Å². The number of nitrogens with zero attached hydrogens (tertiary/aromatic N) is 1. The number of oxazole rings is 1. The smallest absolute Gasteiger partial charge is 0.407 e. The molecule has 0 aliphatic rings. The molecule has 31 heavy (non-hydrogen) atoms. The molecule has 0 bridgehead atoms. The van der Waals surface area contributed by atoms with Crippen LogP contribution in [0.4, 0.5) is 22.2 Å². The van der Waals surface area contributed by atoms with Crippen LogP contribution in [0.2, 0.25) is 0 Å². The number of rotatable bonds is 7. The van der Waals surface area contributed by atoms with Crippen LogP contribution in [0.3, 0.4) is 0 Å². The maximum atomic E-state index is 12.1. The van der Waals surface area contributed by atoms with Gasteiger partial charge in [-0.1, -0.05) is 6.07 Å². The molecule has 3 rings (SSSR count). The molecule has 0 saturated carbocycles. The van der Waals surface area contributed by atoms with E-state index in [1.54, 1.807) is 32.9 Å². The summed E-state index contributed by atoms with van der Waals surface area (Å²) in [5, 5.41) is 8.59. The fourth-order valence-corrected chi connectivity index (χ4v) is 2.83. The minimum absolute atomic E-state index is 0.124. The monoisotopic (exact) mass is 424 g/mol. The lowest BCUT2D eigenvalue weighted by atomic mass is 10.2. The van der Waals surface area contributed by atoms with E-state index in [4.69, 9.17) is 9.15 Å². The predicted molar refractivity (Wildman–Crippen MR) is 121 cm³/mol. The maximum absolute atomic E-state index is 12.1. The Balaban J connectivity index is 1.43. The lowest BCUT2D eigenvalue weighted by Crippen LogP contribution is -2.33. The fourth-order valence-electron chi connectivity index (χ4n) is 2.83. The second-order valence-corrected chi connectivity index (χ2v) is 8.27. The van der Waals surface area contributed by atoms with Crippen LogP contribution in [-0.4, -0.2) is 29.1 Å². The molecule has 1 aromatic heterocycles. The highest BCUT2D eigenvalue weighted by Crippen LogP contribution is 2.23. The summed E-state index contributed by atoms with van der Waals surface area (Å²) in [6.07, 6.45) is 0.324. The molecular formula is C23H28N4O4. The Hall–Kier alpha value is -3.55. The van der Waals surface area contributed by atoms with Crippen molar-refractivity contribution in [1.82, 2.24) is 10.3 Å². The molecule has 0 aliphatic heterocycles. The third-order valence-corrected chi connectivity index (χ3v) is 4.21. The van der Waals surface area contributed by atoms with Crippen LogP contribution in [0.5, 0.6) is 0 Å². The molecule has 2 aromatic carbocycles. The van der Waals surface area contributed by atoms with Gasteiger partial charge in [-0.15, -0.1) is 0 Å². The van der Waals surface area contributed by atoms with Gasteiger partial charge >= 0.3 is 6.09 Å². The molecule has 0 aliphatic carbocycles. The number of amides is 2. The number of hydrogen-bond donors (Lipinski definition) is 3. The van der Waals surface area contributed by atoms with Crippen molar-refractivity contribution < 1.29 is 18.7 Å². The van der Waals surface area contributed by atoms with E-state index in [0.717, 1.165) is 22.4 Å². The van der Waals surface area contributed by atoms with Gasteiger partial charge in [-0.25, -0.2) is 4.79 Å². The van der Waals surface area contributed by atoms with Crippen LogP contribution in [0.1, 0.15) is 39.2 Å². The normalized spacial score (nSPS) is 11.2. The third kappa shape index (κ3) is 7.02. The average molecular weight is 425 g/mol. The number of hydrogen-bond acceptors (Lipinski definition) is 6. The quantitative estimate of drug-likeness (QED) is 0.455. The molecule has 0 saturated heterocycles. The first kappa shape index (κ1) is 22.1. The number of nitrogens with one attached hydrogen (secondary N) is 3. The summed E-state index contributed by atoms with van der Waals surface area (Å²) in [6.45, 7) is 7.78. The van der Waals surface area contributed by atoms with E-state index in [1.807, 2.05) is 37.3 Å². The van der Waals surface area contributed by atoms with E-state index in [9.17, 15) is 9.59 Å². The Labute approximate surface area is 181 Å². The first-order chi connectivity index (χ1) is 14.7. The first-order valence-electron chi connectivity index (χ1n) is 10.2. The zero-order valence-corrected chi connectivity index (χ0v) is 18.2. The minimum atomic E-state index is -0.540. The van der Waals surface area contributed by atoms with Crippen molar-refractivity contribution in [2.24, 2.45) is 0 Å². The molecule has 0 unspecified atom stereocenters. The number of ether oxygens (including phenoxy) is 1. The lowest BCUT2D eigenvalue weighted by Gasteiger charge is -2.19. The first-order valence-corrected chi connectivity index (χ1v) is 10.2. The lowest BCUT2D eigenvalue weighted by molar-refractivity contribution is -0.116. The summed E-state index contributed by atoms with van der Waals surface area (Å²) in [5.41, 5.74) is 3.58.